The van der Waals surface area contributed by atoms with Crippen molar-refractivity contribution in [2.24, 2.45) is 0 Å². The van der Waals surface area contributed by atoms with E-state index in [9.17, 15) is 9.90 Å². The average molecular weight is 387 g/mol. The minimum Gasteiger partial charge on any atom is -0.464 e. The third-order valence-corrected chi connectivity index (χ3v) is 6.45. The molecule has 27 heavy (non-hydrogen) atoms. The number of piperidine rings is 1. The third-order valence-electron chi connectivity index (χ3n) is 5.42. The summed E-state index contributed by atoms with van der Waals surface area (Å²) in [5, 5.41) is 9.67. The first kappa shape index (κ1) is 18.4. The number of aliphatic hydroxyl groups excluding tert-OH is 1. The van der Waals surface area contributed by atoms with Gasteiger partial charge in [0.15, 0.2) is 0 Å². The van der Waals surface area contributed by atoms with Crippen LogP contribution in [0.25, 0.3) is 0 Å². The molecule has 2 saturated heterocycles. The highest BCUT2D eigenvalue weighted by molar-refractivity contribution is 7.99. The van der Waals surface area contributed by atoms with E-state index < -0.39 is 0 Å². The zero-order valence-electron chi connectivity index (χ0n) is 15.6. The maximum atomic E-state index is 13.1. The number of carbonyl (C=O) groups excluding carboxylic acids is 1. The fourth-order valence-electron chi connectivity index (χ4n) is 3.82. The maximum Gasteiger partial charge on any atom is 0.254 e. The molecular weight excluding hydrogens is 360 g/mol. The second-order valence-electron chi connectivity index (χ2n) is 7.30. The lowest BCUT2D eigenvalue weighted by Crippen LogP contribution is -2.40. The molecule has 0 aliphatic carbocycles. The first-order valence-electron chi connectivity index (χ1n) is 9.60. The molecule has 5 nitrogen and oxygen atoms in total. The number of aryl methyl sites for hydroxylation is 1. The van der Waals surface area contributed by atoms with Crippen LogP contribution in [-0.2, 0) is 0 Å². The van der Waals surface area contributed by atoms with E-state index in [0.717, 1.165) is 66.8 Å². The van der Waals surface area contributed by atoms with Crippen LogP contribution in [0.5, 0.6) is 0 Å². The van der Waals surface area contributed by atoms with Crippen LogP contribution < -0.4 is 4.90 Å². The van der Waals surface area contributed by atoms with E-state index in [1.54, 1.807) is 0 Å². The summed E-state index contributed by atoms with van der Waals surface area (Å²) in [4.78, 5) is 17.4. The minimum absolute atomic E-state index is 0.00629. The van der Waals surface area contributed by atoms with Crippen LogP contribution in [0.1, 0.15) is 40.8 Å². The van der Waals surface area contributed by atoms with Gasteiger partial charge in [0.1, 0.15) is 11.5 Å². The Hall–Kier alpha value is -1.92. The van der Waals surface area contributed by atoms with Gasteiger partial charge in [0, 0.05) is 42.4 Å². The van der Waals surface area contributed by atoms with Gasteiger partial charge < -0.3 is 19.3 Å². The second-order valence-corrected chi connectivity index (χ2v) is 8.45. The Morgan fingerprint density at radius 1 is 1.11 bits per heavy atom. The molecule has 1 N–H and O–H groups in total. The van der Waals surface area contributed by atoms with Gasteiger partial charge in [-0.2, -0.15) is 11.8 Å². The first-order chi connectivity index (χ1) is 13.1. The Bertz CT molecular complexity index is 781. The zero-order valence-corrected chi connectivity index (χ0v) is 16.5. The summed E-state index contributed by atoms with van der Waals surface area (Å²) in [6.07, 6.45) is 1.42. The average Bonchev–Trinajstić information content (AvgIpc) is 3.14. The van der Waals surface area contributed by atoms with Crippen molar-refractivity contribution < 1.29 is 14.3 Å². The normalized spacial score (nSPS) is 21.5. The van der Waals surface area contributed by atoms with Crippen molar-refractivity contribution in [1.82, 2.24) is 4.90 Å². The van der Waals surface area contributed by atoms with Crippen molar-refractivity contribution in [3.8, 4) is 0 Å². The number of anilines is 1. The van der Waals surface area contributed by atoms with Gasteiger partial charge in [-0.05, 0) is 56.2 Å². The van der Waals surface area contributed by atoms with E-state index in [-0.39, 0.29) is 18.1 Å². The Balaban J connectivity index is 1.49. The van der Waals surface area contributed by atoms with E-state index in [0.29, 0.717) is 0 Å². The zero-order chi connectivity index (χ0) is 18.8. The van der Waals surface area contributed by atoms with Crippen LogP contribution in [-0.4, -0.2) is 53.2 Å². The molecule has 0 saturated carbocycles. The maximum absolute atomic E-state index is 13.1. The lowest BCUT2D eigenvalue weighted by molar-refractivity contribution is 0.0681. The molecule has 1 aromatic carbocycles. The van der Waals surface area contributed by atoms with E-state index in [1.165, 1.54) is 0 Å². The first-order valence-corrected chi connectivity index (χ1v) is 10.8. The van der Waals surface area contributed by atoms with Crippen LogP contribution in [0.3, 0.4) is 0 Å². The van der Waals surface area contributed by atoms with E-state index in [1.807, 2.05) is 60.0 Å². The number of rotatable bonds is 3. The van der Waals surface area contributed by atoms with Crippen molar-refractivity contribution in [2.75, 3.05) is 36.0 Å². The molecular formula is C21H26N2O3S. The molecule has 2 fully saturated rings. The Kier molecular flexibility index (Phi) is 5.45. The Morgan fingerprint density at radius 2 is 1.85 bits per heavy atom. The van der Waals surface area contributed by atoms with Gasteiger partial charge in [0.05, 0.1) is 12.1 Å². The standard InChI is InChI=1S/C21H26N2O3S/c1-15-2-7-20(26-15)19-14-27-13-12-23(19)21(25)16-3-5-17(6-4-16)22-10-8-18(24)9-11-22/h2-7,18-19,24H,8-14H2,1H3/t19-/m0/s1. The van der Waals surface area contributed by atoms with Crippen LogP contribution in [0.2, 0.25) is 0 Å². The number of carbonyl (C=O) groups is 1. The molecule has 0 spiro atoms. The molecule has 2 aromatic rings. The van der Waals surface area contributed by atoms with Gasteiger partial charge in [0.25, 0.3) is 5.91 Å². The molecule has 6 heteroatoms. The predicted molar refractivity (Wildman–Crippen MR) is 108 cm³/mol. The molecule has 144 valence electrons. The molecule has 0 bridgehead atoms. The van der Waals surface area contributed by atoms with E-state index in [2.05, 4.69) is 4.90 Å². The molecule has 0 unspecified atom stereocenters. The van der Waals surface area contributed by atoms with Crippen molar-refractivity contribution >= 4 is 23.4 Å². The van der Waals surface area contributed by atoms with Gasteiger partial charge in [-0.25, -0.2) is 0 Å². The van der Waals surface area contributed by atoms with Gasteiger partial charge in [-0.15, -0.1) is 0 Å². The number of furan rings is 1. The number of hydrogen-bond donors (Lipinski definition) is 1. The van der Waals surface area contributed by atoms with E-state index >= 15 is 0 Å². The fourth-order valence-corrected chi connectivity index (χ4v) is 4.88. The minimum atomic E-state index is -0.179. The van der Waals surface area contributed by atoms with E-state index in [4.69, 9.17) is 4.42 Å². The molecule has 2 aliphatic heterocycles. The number of hydrogen-bond acceptors (Lipinski definition) is 5. The van der Waals surface area contributed by atoms with Gasteiger partial charge in [-0.1, -0.05) is 0 Å². The molecule has 1 amide bonds. The van der Waals surface area contributed by atoms with Crippen LogP contribution in [0.15, 0.2) is 40.8 Å². The highest BCUT2D eigenvalue weighted by Crippen LogP contribution is 2.32. The Morgan fingerprint density at radius 3 is 2.52 bits per heavy atom. The molecule has 0 radical (unpaired) electrons. The van der Waals surface area contributed by atoms with Crippen LogP contribution in [0.4, 0.5) is 5.69 Å². The summed E-state index contributed by atoms with van der Waals surface area (Å²) in [6.45, 7) is 4.39. The topological polar surface area (TPSA) is 56.9 Å². The SMILES string of the molecule is Cc1ccc([C@@H]2CSCCN2C(=O)c2ccc(N3CCC(O)CC3)cc2)o1. The fraction of sp³-hybridized carbons (Fsp3) is 0.476. The molecule has 1 atom stereocenters. The molecule has 1 aromatic heterocycles. The number of aliphatic hydroxyl groups is 1. The van der Waals surface area contributed by atoms with Crippen LogP contribution >= 0.6 is 11.8 Å². The summed E-state index contributed by atoms with van der Waals surface area (Å²) in [7, 11) is 0. The predicted octanol–water partition coefficient (Wildman–Crippen LogP) is 3.48. The van der Waals surface area contributed by atoms with Crippen molar-refractivity contribution in [2.45, 2.75) is 31.9 Å². The highest BCUT2D eigenvalue weighted by atomic mass is 32.2. The van der Waals surface area contributed by atoms with Gasteiger partial charge in [0.2, 0.25) is 0 Å². The molecule has 2 aliphatic rings. The number of nitrogens with zero attached hydrogens (tertiary/aromatic N) is 2. The summed E-state index contributed by atoms with van der Waals surface area (Å²) in [5.74, 6) is 3.64. The van der Waals surface area contributed by atoms with Crippen molar-refractivity contribution in [1.29, 1.82) is 0 Å². The Labute approximate surface area is 164 Å². The summed E-state index contributed by atoms with van der Waals surface area (Å²) >= 11 is 1.86. The summed E-state index contributed by atoms with van der Waals surface area (Å²) in [6, 6.07) is 11.8. The smallest absolute Gasteiger partial charge is 0.254 e. The van der Waals surface area contributed by atoms with Crippen molar-refractivity contribution in [3.63, 3.8) is 0 Å². The summed E-state index contributed by atoms with van der Waals surface area (Å²) in [5.41, 5.74) is 1.84. The quantitative estimate of drug-likeness (QED) is 0.875. The summed E-state index contributed by atoms with van der Waals surface area (Å²) < 4.78 is 5.81. The van der Waals surface area contributed by atoms with Crippen LogP contribution in [0, 0.1) is 6.92 Å². The third kappa shape index (κ3) is 4.01. The van der Waals surface area contributed by atoms with Gasteiger partial charge >= 0.3 is 0 Å². The second kappa shape index (κ2) is 7.98. The number of thioether (sulfide) groups is 1. The monoisotopic (exact) mass is 386 g/mol. The lowest BCUT2D eigenvalue weighted by Gasteiger charge is -2.34. The van der Waals surface area contributed by atoms with Crippen molar-refractivity contribution in [3.05, 3.63) is 53.5 Å². The molecule has 4 rings (SSSR count). The van der Waals surface area contributed by atoms with Gasteiger partial charge in [-0.3, -0.25) is 4.79 Å². The molecule has 3 heterocycles. The number of benzene rings is 1. The highest BCUT2D eigenvalue weighted by Gasteiger charge is 2.31. The number of amides is 1. The lowest BCUT2D eigenvalue weighted by atomic mass is 10.1. The largest absolute Gasteiger partial charge is 0.464 e.